The lowest BCUT2D eigenvalue weighted by Gasteiger charge is -2.24. The molecule has 0 radical (unpaired) electrons. The van der Waals surface area contributed by atoms with Crippen LogP contribution in [0.4, 0.5) is 5.69 Å². The van der Waals surface area contributed by atoms with Crippen molar-refractivity contribution in [2.24, 2.45) is 0 Å². The second-order valence-corrected chi connectivity index (χ2v) is 6.66. The molecule has 1 aliphatic rings. The number of rotatable bonds is 7. The van der Waals surface area contributed by atoms with Crippen LogP contribution in [0.1, 0.15) is 19.4 Å². The van der Waals surface area contributed by atoms with Crippen molar-refractivity contribution < 1.29 is 23.8 Å². The van der Waals surface area contributed by atoms with Gasteiger partial charge in [-0.15, -0.1) is 0 Å². The van der Waals surface area contributed by atoms with Gasteiger partial charge < -0.3 is 24.4 Å². The highest BCUT2D eigenvalue weighted by Crippen LogP contribution is 2.32. The smallest absolute Gasteiger partial charge is 0.263 e. The molecule has 8 nitrogen and oxygen atoms in total. The molecule has 1 atom stereocenters. The Morgan fingerprint density at radius 3 is 2.53 bits per heavy atom. The van der Waals surface area contributed by atoms with Crippen LogP contribution in [-0.2, 0) is 9.59 Å². The van der Waals surface area contributed by atoms with Gasteiger partial charge in [-0.3, -0.25) is 9.59 Å². The van der Waals surface area contributed by atoms with Gasteiger partial charge in [-0.25, -0.2) is 0 Å². The van der Waals surface area contributed by atoms with E-state index in [1.54, 1.807) is 56.3 Å². The Morgan fingerprint density at radius 1 is 1.17 bits per heavy atom. The van der Waals surface area contributed by atoms with Crippen molar-refractivity contribution in [1.82, 2.24) is 4.90 Å². The van der Waals surface area contributed by atoms with Crippen LogP contribution in [0.15, 0.2) is 42.5 Å². The molecular formula is C22H23N3O5. The topological polar surface area (TPSA) is 101 Å². The van der Waals surface area contributed by atoms with E-state index in [9.17, 15) is 9.59 Å². The number of anilines is 1. The van der Waals surface area contributed by atoms with E-state index in [1.807, 2.05) is 6.07 Å². The van der Waals surface area contributed by atoms with Crippen molar-refractivity contribution in [2.45, 2.75) is 20.0 Å². The minimum atomic E-state index is -0.778. The van der Waals surface area contributed by atoms with E-state index >= 15 is 0 Å². The maximum absolute atomic E-state index is 12.7. The quantitative estimate of drug-likeness (QED) is 0.754. The minimum Gasteiger partial charge on any atom is -0.486 e. The number of amides is 2. The van der Waals surface area contributed by atoms with Gasteiger partial charge >= 0.3 is 0 Å². The average molecular weight is 409 g/mol. The van der Waals surface area contributed by atoms with E-state index in [2.05, 4.69) is 5.32 Å². The Bertz CT molecular complexity index is 952. The average Bonchev–Trinajstić information content (AvgIpc) is 2.77. The molecule has 30 heavy (non-hydrogen) atoms. The predicted molar refractivity (Wildman–Crippen MR) is 110 cm³/mol. The molecule has 1 heterocycles. The van der Waals surface area contributed by atoms with Crippen molar-refractivity contribution in [3.05, 3.63) is 48.0 Å². The van der Waals surface area contributed by atoms with Crippen LogP contribution in [0, 0.1) is 11.3 Å². The fourth-order valence-corrected chi connectivity index (χ4v) is 2.96. The first kappa shape index (κ1) is 21.0. The molecule has 0 aromatic heterocycles. The lowest BCUT2D eigenvalue weighted by molar-refractivity contribution is -0.140. The molecule has 0 saturated heterocycles. The number of nitrogens with zero attached hydrogens (tertiary/aromatic N) is 2. The van der Waals surface area contributed by atoms with E-state index in [0.29, 0.717) is 48.3 Å². The number of likely N-dealkylation sites (N-methyl/N-ethyl adjacent to an activating group) is 1. The van der Waals surface area contributed by atoms with Crippen LogP contribution >= 0.6 is 0 Å². The van der Waals surface area contributed by atoms with Crippen molar-refractivity contribution in [1.29, 1.82) is 5.26 Å². The molecule has 0 saturated carbocycles. The van der Waals surface area contributed by atoms with Gasteiger partial charge in [0.2, 0.25) is 5.91 Å². The first-order chi connectivity index (χ1) is 14.5. The SMILES string of the molecule is CCN(CC(=O)Nc1ccc2c(c1)OCCO2)C(=O)[C@H](C)Oc1ccc(C#N)cc1. The van der Waals surface area contributed by atoms with Gasteiger partial charge in [-0.2, -0.15) is 5.26 Å². The van der Waals surface area contributed by atoms with Crippen molar-refractivity contribution in [3.8, 4) is 23.3 Å². The molecule has 2 aromatic carbocycles. The number of nitriles is 1. The zero-order valence-corrected chi connectivity index (χ0v) is 16.9. The molecule has 0 spiro atoms. The van der Waals surface area contributed by atoms with Gasteiger partial charge in [-0.05, 0) is 50.2 Å². The molecular weight excluding hydrogens is 386 g/mol. The van der Waals surface area contributed by atoms with Crippen LogP contribution in [0.2, 0.25) is 0 Å². The first-order valence-electron chi connectivity index (χ1n) is 9.65. The summed E-state index contributed by atoms with van der Waals surface area (Å²) < 4.78 is 16.6. The molecule has 8 heteroatoms. The summed E-state index contributed by atoms with van der Waals surface area (Å²) in [6.45, 7) is 4.62. The number of hydrogen-bond donors (Lipinski definition) is 1. The zero-order valence-electron chi connectivity index (χ0n) is 16.9. The Labute approximate surface area is 174 Å². The molecule has 0 unspecified atom stereocenters. The van der Waals surface area contributed by atoms with Crippen LogP contribution < -0.4 is 19.5 Å². The highest BCUT2D eigenvalue weighted by Gasteiger charge is 2.23. The normalized spacial score (nSPS) is 13.0. The van der Waals surface area contributed by atoms with Crippen LogP contribution in [0.25, 0.3) is 0 Å². The van der Waals surface area contributed by atoms with Crippen LogP contribution in [-0.4, -0.2) is 49.1 Å². The Hall–Kier alpha value is -3.73. The second kappa shape index (κ2) is 9.65. The molecule has 0 fully saturated rings. The third kappa shape index (κ3) is 5.20. The van der Waals surface area contributed by atoms with Crippen LogP contribution in [0.3, 0.4) is 0 Å². The first-order valence-corrected chi connectivity index (χ1v) is 9.65. The third-order valence-electron chi connectivity index (χ3n) is 4.50. The number of carbonyl (C=O) groups is 2. The number of benzene rings is 2. The van der Waals surface area contributed by atoms with Crippen LogP contribution in [0.5, 0.6) is 17.2 Å². The van der Waals surface area contributed by atoms with Crippen molar-refractivity contribution in [2.75, 3.05) is 31.6 Å². The fourth-order valence-electron chi connectivity index (χ4n) is 2.96. The lowest BCUT2D eigenvalue weighted by Crippen LogP contribution is -2.44. The van der Waals surface area contributed by atoms with E-state index in [4.69, 9.17) is 19.5 Å². The third-order valence-corrected chi connectivity index (χ3v) is 4.50. The monoisotopic (exact) mass is 409 g/mol. The summed E-state index contributed by atoms with van der Waals surface area (Å²) in [5.41, 5.74) is 1.07. The van der Waals surface area contributed by atoms with E-state index in [1.165, 1.54) is 4.90 Å². The summed E-state index contributed by atoms with van der Waals surface area (Å²) in [7, 11) is 0. The molecule has 3 rings (SSSR count). The molecule has 0 bridgehead atoms. The summed E-state index contributed by atoms with van der Waals surface area (Å²) in [5.74, 6) is 1.06. The maximum Gasteiger partial charge on any atom is 0.263 e. The van der Waals surface area contributed by atoms with Gasteiger partial charge in [-0.1, -0.05) is 0 Å². The van der Waals surface area contributed by atoms with Gasteiger partial charge in [0.25, 0.3) is 5.91 Å². The predicted octanol–water partition coefficient (Wildman–Crippen LogP) is 2.58. The molecule has 1 aliphatic heterocycles. The second-order valence-electron chi connectivity index (χ2n) is 6.66. The largest absolute Gasteiger partial charge is 0.486 e. The number of ether oxygens (including phenoxy) is 3. The molecule has 2 amide bonds. The van der Waals surface area contributed by atoms with E-state index in [0.717, 1.165) is 0 Å². The lowest BCUT2D eigenvalue weighted by atomic mass is 10.2. The summed E-state index contributed by atoms with van der Waals surface area (Å²) in [6.07, 6.45) is -0.778. The number of fused-ring (bicyclic) bond motifs is 1. The van der Waals surface area contributed by atoms with Crippen molar-refractivity contribution >= 4 is 17.5 Å². The molecule has 0 aliphatic carbocycles. The maximum atomic E-state index is 12.7. The summed E-state index contributed by atoms with van der Waals surface area (Å²) in [5, 5.41) is 11.6. The zero-order chi connectivity index (χ0) is 21.5. The summed E-state index contributed by atoms with van der Waals surface area (Å²) in [4.78, 5) is 26.6. The number of carbonyl (C=O) groups excluding carboxylic acids is 2. The van der Waals surface area contributed by atoms with Gasteiger partial charge in [0, 0.05) is 18.3 Å². The minimum absolute atomic E-state index is 0.106. The van der Waals surface area contributed by atoms with Gasteiger partial charge in [0.05, 0.1) is 18.2 Å². The summed E-state index contributed by atoms with van der Waals surface area (Å²) in [6, 6.07) is 13.7. The van der Waals surface area contributed by atoms with Crippen molar-refractivity contribution in [3.63, 3.8) is 0 Å². The highest BCUT2D eigenvalue weighted by atomic mass is 16.6. The molecule has 1 N–H and O–H groups in total. The number of nitrogens with one attached hydrogen (secondary N) is 1. The van der Waals surface area contributed by atoms with E-state index in [-0.39, 0.29) is 18.4 Å². The fraction of sp³-hybridized carbons (Fsp3) is 0.318. The standard InChI is InChI=1S/C22H23N3O5/c1-3-25(22(27)15(2)30-18-7-4-16(13-23)5-8-18)14-21(26)24-17-6-9-19-20(12-17)29-11-10-28-19/h4-9,12,15H,3,10-11,14H2,1-2H3,(H,24,26)/t15-/m0/s1. The summed E-state index contributed by atoms with van der Waals surface area (Å²) >= 11 is 0. The Morgan fingerprint density at radius 2 is 1.87 bits per heavy atom. The molecule has 156 valence electrons. The Balaban J connectivity index is 1.57. The highest BCUT2D eigenvalue weighted by molar-refractivity contribution is 5.95. The number of hydrogen-bond acceptors (Lipinski definition) is 6. The van der Waals surface area contributed by atoms with E-state index < -0.39 is 6.10 Å². The Kier molecular flexibility index (Phi) is 6.75. The molecule has 2 aromatic rings. The van der Waals surface area contributed by atoms with Gasteiger partial charge in [0.15, 0.2) is 17.6 Å². The van der Waals surface area contributed by atoms with Gasteiger partial charge in [0.1, 0.15) is 19.0 Å².